The number of para-hydroxylation sites is 1. The molecule has 0 spiro atoms. The normalized spacial score (nSPS) is 14.0. The Labute approximate surface area is 132 Å². The van der Waals surface area contributed by atoms with Crippen LogP contribution in [0.2, 0.25) is 0 Å². The van der Waals surface area contributed by atoms with Gasteiger partial charge in [-0.15, -0.1) is 0 Å². The second kappa shape index (κ2) is 10.2. The van der Waals surface area contributed by atoms with Gasteiger partial charge in [-0.05, 0) is 18.4 Å². The summed E-state index contributed by atoms with van der Waals surface area (Å²) in [6.07, 6.45) is 5.04. The predicted octanol–water partition coefficient (Wildman–Crippen LogP) is 5.36. The Morgan fingerprint density at radius 2 is 1.95 bits per heavy atom. The van der Waals surface area contributed by atoms with Crippen LogP contribution < -0.4 is 4.74 Å². The Hall–Kier alpha value is -0.540. The lowest BCUT2D eigenvalue weighted by molar-refractivity contribution is 0.0380. The Balaban J connectivity index is 2.62. The highest BCUT2D eigenvalue weighted by Crippen LogP contribution is 2.29. The summed E-state index contributed by atoms with van der Waals surface area (Å²) in [6.45, 7) is 5.31. The van der Waals surface area contributed by atoms with Crippen molar-refractivity contribution in [2.75, 3.05) is 19.0 Å². The molecule has 0 saturated carbocycles. The van der Waals surface area contributed by atoms with Crippen molar-refractivity contribution in [1.82, 2.24) is 0 Å². The van der Waals surface area contributed by atoms with Gasteiger partial charge in [0.15, 0.2) is 0 Å². The molecule has 0 heterocycles. The van der Waals surface area contributed by atoms with Crippen LogP contribution in [-0.2, 0) is 4.74 Å². The number of unbranched alkanes of at least 4 members (excludes halogenated alkanes) is 1. The van der Waals surface area contributed by atoms with Gasteiger partial charge in [-0.25, -0.2) is 0 Å². The van der Waals surface area contributed by atoms with E-state index in [1.165, 1.54) is 25.7 Å². The first-order chi connectivity index (χ1) is 9.76. The molecule has 0 radical (unpaired) electrons. The minimum absolute atomic E-state index is 0.0572. The first kappa shape index (κ1) is 17.5. The lowest BCUT2D eigenvalue weighted by Crippen LogP contribution is -2.14. The maximum absolute atomic E-state index is 6.14. The molecule has 2 unspecified atom stereocenters. The zero-order valence-electron chi connectivity index (χ0n) is 12.9. The molecule has 2 atom stereocenters. The summed E-state index contributed by atoms with van der Waals surface area (Å²) >= 11 is 3.56. The smallest absolute Gasteiger partial charge is 0.124 e. The van der Waals surface area contributed by atoms with Crippen molar-refractivity contribution >= 4 is 15.9 Å². The van der Waals surface area contributed by atoms with Gasteiger partial charge in [0.2, 0.25) is 0 Å². The average Bonchev–Trinajstić information content (AvgIpc) is 2.51. The molecule has 0 aliphatic carbocycles. The van der Waals surface area contributed by atoms with Crippen LogP contribution in [0.15, 0.2) is 24.3 Å². The summed E-state index contributed by atoms with van der Waals surface area (Å²) in [6, 6.07) is 8.09. The maximum Gasteiger partial charge on any atom is 0.124 e. The summed E-state index contributed by atoms with van der Waals surface area (Å²) < 4.78 is 11.6. The van der Waals surface area contributed by atoms with E-state index in [0.717, 1.165) is 23.2 Å². The van der Waals surface area contributed by atoms with E-state index in [-0.39, 0.29) is 6.10 Å². The van der Waals surface area contributed by atoms with E-state index in [4.69, 9.17) is 9.47 Å². The molecule has 0 aromatic heterocycles. The summed E-state index contributed by atoms with van der Waals surface area (Å²) in [4.78, 5) is 0. The third-order valence-electron chi connectivity index (χ3n) is 3.70. The summed E-state index contributed by atoms with van der Waals surface area (Å²) in [5.41, 5.74) is 1.12. The molecule has 1 aromatic rings. The highest BCUT2D eigenvalue weighted by Gasteiger charge is 2.17. The quantitative estimate of drug-likeness (QED) is 0.532. The molecule has 0 saturated heterocycles. The Morgan fingerprint density at radius 1 is 1.20 bits per heavy atom. The first-order valence-corrected chi connectivity index (χ1v) is 8.69. The minimum atomic E-state index is 0.0572. The lowest BCUT2D eigenvalue weighted by Gasteiger charge is -2.22. The maximum atomic E-state index is 6.14. The predicted molar refractivity (Wildman–Crippen MR) is 88.8 cm³/mol. The van der Waals surface area contributed by atoms with Crippen LogP contribution in [-0.4, -0.2) is 19.0 Å². The van der Waals surface area contributed by atoms with Gasteiger partial charge in [0.05, 0.1) is 19.8 Å². The SMILES string of the molecule is CCCCC(CC)COC(CBr)c1ccccc1OC. The largest absolute Gasteiger partial charge is 0.496 e. The lowest BCUT2D eigenvalue weighted by atomic mass is 10.0. The summed E-state index contributed by atoms with van der Waals surface area (Å²) in [5.74, 6) is 1.56. The van der Waals surface area contributed by atoms with E-state index in [1.54, 1.807) is 7.11 Å². The molecular weight excluding hydrogens is 316 g/mol. The van der Waals surface area contributed by atoms with E-state index in [9.17, 15) is 0 Å². The molecular formula is C17H27BrO2. The third-order valence-corrected chi connectivity index (χ3v) is 4.29. The van der Waals surface area contributed by atoms with Crippen LogP contribution in [0.4, 0.5) is 0 Å². The van der Waals surface area contributed by atoms with Crippen LogP contribution >= 0.6 is 15.9 Å². The standard InChI is InChI=1S/C17H27BrO2/c1-4-6-9-14(5-2)13-20-17(12-18)15-10-7-8-11-16(15)19-3/h7-8,10-11,14,17H,4-6,9,12-13H2,1-3H3. The van der Waals surface area contributed by atoms with Gasteiger partial charge >= 0.3 is 0 Å². The molecule has 2 nitrogen and oxygen atoms in total. The van der Waals surface area contributed by atoms with E-state index >= 15 is 0 Å². The van der Waals surface area contributed by atoms with Crippen molar-refractivity contribution < 1.29 is 9.47 Å². The van der Waals surface area contributed by atoms with Crippen molar-refractivity contribution in [2.45, 2.75) is 45.6 Å². The molecule has 0 aliphatic rings. The second-order valence-corrected chi connectivity index (χ2v) is 5.78. The first-order valence-electron chi connectivity index (χ1n) is 7.57. The Kier molecular flexibility index (Phi) is 8.95. The summed E-state index contributed by atoms with van der Waals surface area (Å²) in [7, 11) is 1.71. The Bertz CT molecular complexity index is 368. The molecule has 1 rings (SSSR count). The van der Waals surface area contributed by atoms with Crippen LogP contribution in [0.5, 0.6) is 5.75 Å². The molecule has 1 aromatic carbocycles. The van der Waals surface area contributed by atoms with Crippen molar-refractivity contribution in [3.63, 3.8) is 0 Å². The molecule has 0 aliphatic heterocycles. The van der Waals surface area contributed by atoms with Gasteiger partial charge in [-0.3, -0.25) is 0 Å². The highest BCUT2D eigenvalue weighted by atomic mass is 79.9. The van der Waals surface area contributed by atoms with E-state index < -0.39 is 0 Å². The number of hydrogen-bond donors (Lipinski definition) is 0. The van der Waals surface area contributed by atoms with Gasteiger partial charge in [0, 0.05) is 10.9 Å². The van der Waals surface area contributed by atoms with Gasteiger partial charge in [0.25, 0.3) is 0 Å². The zero-order valence-corrected chi connectivity index (χ0v) is 14.5. The van der Waals surface area contributed by atoms with Crippen LogP contribution in [0, 0.1) is 5.92 Å². The number of alkyl halides is 1. The average molecular weight is 343 g/mol. The fraction of sp³-hybridized carbons (Fsp3) is 0.647. The van der Waals surface area contributed by atoms with Gasteiger partial charge in [-0.2, -0.15) is 0 Å². The summed E-state index contributed by atoms with van der Waals surface area (Å²) in [5, 5.41) is 0.789. The van der Waals surface area contributed by atoms with Gasteiger partial charge in [0.1, 0.15) is 5.75 Å². The van der Waals surface area contributed by atoms with E-state index in [0.29, 0.717) is 5.92 Å². The molecule has 114 valence electrons. The van der Waals surface area contributed by atoms with Crippen molar-refractivity contribution in [1.29, 1.82) is 0 Å². The fourth-order valence-electron chi connectivity index (χ4n) is 2.30. The molecule has 0 amide bonds. The minimum Gasteiger partial charge on any atom is -0.496 e. The molecule has 3 heteroatoms. The van der Waals surface area contributed by atoms with Gasteiger partial charge < -0.3 is 9.47 Å². The topological polar surface area (TPSA) is 18.5 Å². The zero-order chi connectivity index (χ0) is 14.8. The third kappa shape index (κ3) is 5.45. The fourth-order valence-corrected chi connectivity index (χ4v) is 2.84. The van der Waals surface area contributed by atoms with Crippen molar-refractivity contribution in [3.8, 4) is 5.75 Å². The van der Waals surface area contributed by atoms with Crippen molar-refractivity contribution in [2.24, 2.45) is 5.92 Å². The number of methoxy groups -OCH3 is 1. The number of halogens is 1. The Morgan fingerprint density at radius 3 is 2.55 bits per heavy atom. The van der Waals surface area contributed by atoms with E-state index in [2.05, 4.69) is 35.8 Å². The number of benzene rings is 1. The van der Waals surface area contributed by atoms with Crippen LogP contribution in [0.3, 0.4) is 0 Å². The monoisotopic (exact) mass is 342 g/mol. The molecule has 20 heavy (non-hydrogen) atoms. The number of ether oxygens (including phenoxy) is 2. The van der Waals surface area contributed by atoms with E-state index in [1.807, 2.05) is 18.2 Å². The molecule has 0 N–H and O–H groups in total. The number of rotatable bonds is 10. The van der Waals surface area contributed by atoms with Crippen LogP contribution in [0.1, 0.15) is 51.2 Å². The number of hydrogen-bond acceptors (Lipinski definition) is 2. The van der Waals surface area contributed by atoms with Gasteiger partial charge in [-0.1, -0.05) is 67.2 Å². The highest BCUT2D eigenvalue weighted by molar-refractivity contribution is 9.09. The van der Waals surface area contributed by atoms with Crippen LogP contribution in [0.25, 0.3) is 0 Å². The second-order valence-electron chi connectivity index (χ2n) is 5.13. The molecule has 0 fully saturated rings. The molecule has 0 bridgehead atoms. The van der Waals surface area contributed by atoms with Crippen molar-refractivity contribution in [3.05, 3.63) is 29.8 Å².